The summed E-state index contributed by atoms with van der Waals surface area (Å²) < 4.78 is 4.72. The van der Waals surface area contributed by atoms with Gasteiger partial charge in [0.2, 0.25) is 0 Å². The van der Waals surface area contributed by atoms with E-state index >= 15 is 0 Å². The molecule has 15 heavy (non-hydrogen) atoms. The van der Waals surface area contributed by atoms with Crippen molar-refractivity contribution in [1.82, 2.24) is 4.90 Å². The maximum absolute atomic E-state index is 11.4. The van der Waals surface area contributed by atoms with Crippen LogP contribution < -0.4 is 0 Å². The largest absolute Gasteiger partial charge is 0.469 e. The van der Waals surface area contributed by atoms with E-state index < -0.39 is 5.41 Å². The van der Waals surface area contributed by atoms with Gasteiger partial charge in [0.05, 0.1) is 24.5 Å². The Balaban J connectivity index is 4.22. The Morgan fingerprint density at radius 3 is 2.53 bits per heavy atom. The summed E-state index contributed by atoms with van der Waals surface area (Å²) in [5.41, 5.74) is -0.529. The van der Waals surface area contributed by atoms with Crippen LogP contribution in [0.1, 0.15) is 20.8 Å². The van der Waals surface area contributed by atoms with Crippen molar-refractivity contribution in [2.24, 2.45) is 11.3 Å². The Bertz CT molecular complexity index is 256. The molecule has 0 rings (SSSR count). The van der Waals surface area contributed by atoms with E-state index in [4.69, 9.17) is 10.00 Å². The maximum atomic E-state index is 11.4. The molecule has 86 valence electrons. The Kier molecular flexibility index (Phi) is 5.31. The van der Waals surface area contributed by atoms with Crippen molar-refractivity contribution in [3.63, 3.8) is 0 Å². The summed E-state index contributed by atoms with van der Waals surface area (Å²) >= 11 is 0. The highest BCUT2D eigenvalue weighted by atomic mass is 16.5. The van der Waals surface area contributed by atoms with Crippen LogP contribution in [0.3, 0.4) is 0 Å². The predicted molar refractivity (Wildman–Crippen MR) is 58.1 cm³/mol. The zero-order chi connectivity index (χ0) is 12.1. The Morgan fingerprint density at radius 1 is 1.60 bits per heavy atom. The minimum atomic E-state index is -0.529. The van der Waals surface area contributed by atoms with Crippen LogP contribution in [0.5, 0.6) is 0 Å². The molecule has 4 heteroatoms. The molecule has 0 heterocycles. The van der Waals surface area contributed by atoms with Gasteiger partial charge < -0.3 is 9.64 Å². The van der Waals surface area contributed by atoms with Gasteiger partial charge in [0.15, 0.2) is 0 Å². The smallest absolute Gasteiger partial charge is 0.312 e. The van der Waals surface area contributed by atoms with E-state index in [2.05, 4.69) is 6.07 Å². The number of carbonyl (C=O) groups excluding carboxylic acids is 1. The zero-order valence-corrected chi connectivity index (χ0v) is 10.2. The summed E-state index contributed by atoms with van der Waals surface area (Å²) in [4.78, 5) is 13.4. The molecule has 0 saturated heterocycles. The minimum absolute atomic E-state index is 0.0246. The zero-order valence-electron chi connectivity index (χ0n) is 10.2. The molecule has 1 unspecified atom stereocenters. The van der Waals surface area contributed by atoms with Crippen LogP contribution in [0.25, 0.3) is 0 Å². The summed E-state index contributed by atoms with van der Waals surface area (Å²) in [6, 6.07) is 2.17. The predicted octanol–water partition coefficient (Wildman–Crippen LogP) is 1.28. The SMILES string of the molecule is COC(=O)C(C)(C)CN(C)CC(C)C#N. The molecule has 0 aliphatic heterocycles. The van der Waals surface area contributed by atoms with E-state index in [0.717, 1.165) is 0 Å². The second kappa shape index (κ2) is 5.72. The molecule has 4 nitrogen and oxygen atoms in total. The fraction of sp³-hybridized carbons (Fsp3) is 0.818. The van der Waals surface area contributed by atoms with Crippen molar-refractivity contribution >= 4 is 5.97 Å². The van der Waals surface area contributed by atoms with Crippen molar-refractivity contribution in [3.8, 4) is 6.07 Å². The third-order valence-electron chi connectivity index (χ3n) is 2.21. The number of nitriles is 1. The van der Waals surface area contributed by atoms with Crippen LogP contribution in [0.15, 0.2) is 0 Å². The van der Waals surface area contributed by atoms with Crippen LogP contribution in [-0.2, 0) is 9.53 Å². The van der Waals surface area contributed by atoms with Gasteiger partial charge in [0.1, 0.15) is 0 Å². The summed E-state index contributed by atoms with van der Waals surface area (Å²) in [7, 11) is 3.29. The summed E-state index contributed by atoms with van der Waals surface area (Å²) in [6.45, 7) is 6.79. The van der Waals surface area contributed by atoms with E-state index in [1.807, 2.05) is 32.7 Å². The first-order chi connectivity index (χ1) is 6.83. The van der Waals surface area contributed by atoms with Crippen LogP contribution in [-0.4, -0.2) is 38.1 Å². The number of nitrogens with zero attached hydrogens (tertiary/aromatic N) is 2. The average Bonchev–Trinajstić information content (AvgIpc) is 2.15. The standard InChI is InChI=1S/C11H20N2O2/c1-9(6-12)7-13(4)8-11(2,3)10(14)15-5/h9H,7-8H2,1-5H3. The highest BCUT2D eigenvalue weighted by molar-refractivity contribution is 5.76. The topological polar surface area (TPSA) is 53.3 Å². The highest BCUT2D eigenvalue weighted by Crippen LogP contribution is 2.18. The van der Waals surface area contributed by atoms with Gasteiger partial charge in [-0.05, 0) is 27.8 Å². The molecule has 0 bridgehead atoms. The molecule has 1 atom stereocenters. The van der Waals surface area contributed by atoms with Crippen molar-refractivity contribution in [1.29, 1.82) is 5.26 Å². The number of carbonyl (C=O) groups is 1. The fourth-order valence-corrected chi connectivity index (χ4v) is 1.59. The van der Waals surface area contributed by atoms with Crippen LogP contribution in [0.2, 0.25) is 0 Å². The molecule has 0 fully saturated rings. The molecule has 0 saturated carbocycles. The molecule has 0 amide bonds. The Morgan fingerprint density at radius 2 is 2.13 bits per heavy atom. The van der Waals surface area contributed by atoms with E-state index in [1.165, 1.54) is 7.11 Å². The highest BCUT2D eigenvalue weighted by Gasteiger charge is 2.30. The lowest BCUT2D eigenvalue weighted by Crippen LogP contribution is -2.39. The van der Waals surface area contributed by atoms with Gasteiger partial charge in [-0.2, -0.15) is 5.26 Å². The number of ether oxygens (including phenoxy) is 1. The number of esters is 1. The van der Waals surface area contributed by atoms with Crippen molar-refractivity contribution in [2.45, 2.75) is 20.8 Å². The van der Waals surface area contributed by atoms with Crippen molar-refractivity contribution in [3.05, 3.63) is 0 Å². The number of rotatable bonds is 5. The van der Waals surface area contributed by atoms with Gasteiger partial charge in [-0.3, -0.25) is 4.79 Å². The molecular weight excluding hydrogens is 192 g/mol. The quantitative estimate of drug-likeness (QED) is 0.644. The van der Waals surface area contributed by atoms with Gasteiger partial charge in [0, 0.05) is 13.1 Å². The summed E-state index contributed by atoms with van der Waals surface area (Å²) in [5, 5.41) is 8.67. The lowest BCUT2D eigenvalue weighted by Gasteiger charge is -2.28. The van der Waals surface area contributed by atoms with E-state index in [-0.39, 0.29) is 11.9 Å². The fourth-order valence-electron chi connectivity index (χ4n) is 1.59. The van der Waals surface area contributed by atoms with E-state index in [0.29, 0.717) is 13.1 Å². The monoisotopic (exact) mass is 212 g/mol. The van der Waals surface area contributed by atoms with Crippen molar-refractivity contribution < 1.29 is 9.53 Å². The first kappa shape index (κ1) is 13.9. The molecule has 0 aromatic carbocycles. The van der Waals surface area contributed by atoms with E-state index in [9.17, 15) is 4.79 Å². The van der Waals surface area contributed by atoms with Gasteiger partial charge in [-0.25, -0.2) is 0 Å². The third-order valence-corrected chi connectivity index (χ3v) is 2.21. The van der Waals surface area contributed by atoms with Gasteiger partial charge in [-0.15, -0.1) is 0 Å². The molecule has 0 aliphatic rings. The Hall–Kier alpha value is -1.08. The third kappa shape index (κ3) is 4.80. The first-order valence-electron chi connectivity index (χ1n) is 5.00. The van der Waals surface area contributed by atoms with Crippen LogP contribution >= 0.6 is 0 Å². The first-order valence-corrected chi connectivity index (χ1v) is 5.00. The Labute approximate surface area is 91.8 Å². The minimum Gasteiger partial charge on any atom is -0.469 e. The second-order valence-corrected chi connectivity index (χ2v) is 4.60. The van der Waals surface area contributed by atoms with Crippen molar-refractivity contribution in [2.75, 3.05) is 27.2 Å². The molecule has 0 radical (unpaired) electrons. The van der Waals surface area contributed by atoms with Crippen LogP contribution in [0.4, 0.5) is 0 Å². The van der Waals surface area contributed by atoms with E-state index in [1.54, 1.807) is 0 Å². The van der Waals surface area contributed by atoms with Gasteiger partial charge >= 0.3 is 5.97 Å². The normalized spacial score (nSPS) is 13.4. The lowest BCUT2D eigenvalue weighted by molar-refractivity contribution is -0.151. The second-order valence-electron chi connectivity index (χ2n) is 4.60. The summed E-state index contributed by atoms with van der Waals surface area (Å²) in [5.74, 6) is -0.248. The molecule has 0 aromatic rings. The summed E-state index contributed by atoms with van der Waals surface area (Å²) in [6.07, 6.45) is 0. The number of methoxy groups -OCH3 is 1. The molecular formula is C11H20N2O2. The molecule has 0 aromatic heterocycles. The average molecular weight is 212 g/mol. The lowest BCUT2D eigenvalue weighted by atomic mass is 9.93. The van der Waals surface area contributed by atoms with Gasteiger partial charge in [0.25, 0.3) is 0 Å². The van der Waals surface area contributed by atoms with Crippen LogP contribution in [0, 0.1) is 22.7 Å². The molecule has 0 aliphatic carbocycles. The van der Waals surface area contributed by atoms with Gasteiger partial charge in [-0.1, -0.05) is 0 Å². The number of hydrogen-bond donors (Lipinski definition) is 0. The molecule has 0 spiro atoms. The number of hydrogen-bond acceptors (Lipinski definition) is 4. The maximum Gasteiger partial charge on any atom is 0.312 e. The molecule has 0 N–H and O–H groups in total.